The van der Waals surface area contributed by atoms with Crippen molar-refractivity contribution in [2.75, 3.05) is 18.5 Å². The van der Waals surface area contributed by atoms with Crippen LogP contribution in [-0.4, -0.2) is 40.1 Å². The van der Waals surface area contributed by atoms with Gasteiger partial charge in [0, 0.05) is 12.8 Å². The van der Waals surface area contributed by atoms with Crippen LogP contribution in [-0.2, 0) is 18.7 Å². The third-order valence-corrected chi connectivity index (χ3v) is 6.97. The molecule has 2 amide bonds. The normalized spacial score (nSPS) is 17.1. The van der Waals surface area contributed by atoms with E-state index in [-0.39, 0.29) is 12.8 Å². The van der Waals surface area contributed by atoms with E-state index < -0.39 is 45.0 Å². The van der Waals surface area contributed by atoms with Crippen molar-refractivity contribution in [2.24, 2.45) is 0 Å². The van der Waals surface area contributed by atoms with Gasteiger partial charge in [0.25, 0.3) is 0 Å². The van der Waals surface area contributed by atoms with Crippen LogP contribution < -0.4 is 10.6 Å². The van der Waals surface area contributed by atoms with E-state index in [0.717, 1.165) is 0 Å². The van der Waals surface area contributed by atoms with Crippen molar-refractivity contribution >= 4 is 26.6 Å². The van der Waals surface area contributed by atoms with E-state index in [2.05, 4.69) is 10.6 Å². The van der Waals surface area contributed by atoms with Gasteiger partial charge in [0.2, 0.25) is 26.6 Å². The minimum absolute atomic E-state index is 0.156. The molecule has 0 fully saturated rings. The molecule has 0 aromatic heterocycles. The number of hydrogen-bond acceptors (Lipinski definition) is 4. The fraction of sp³-hybridized carbons (Fsp3) is 0.778. The molecule has 0 saturated heterocycles. The summed E-state index contributed by atoms with van der Waals surface area (Å²) in [5.41, 5.74) is 0. The summed E-state index contributed by atoms with van der Waals surface area (Å²) in [6, 6.07) is 0. The Labute approximate surface area is 111 Å². The zero-order chi connectivity index (χ0) is 15.1. The predicted molar refractivity (Wildman–Crippen MR) is 71.1 cm³/mol. The Morgan fingerprint density at radius 3 is 1.47 bits per heavy atom. The highest BCUT2D eigenvalue weighted by Gasteiger charge is 2.31. The average Bonchev–Trinajstić information content (AvgIpc) is 2.31. The molecule has 0 spiro atoms. The van der Waals surface area contributed by atoms with Gasteiger partial charge in [-0.2, -0.15) is 0 Å². The summed E-state index contributed by atoms with van der Waals surface area (Å²) >= 11 is 0. The van der Waals surface area contributed by atoms with E-state index in [0.29, 0.717) is 0 Å². The summed E-state index contributed by atoms with van der Waals surface area (Å²) in [6.07, 6.45) is -0.787. The molecule has 2 unspecified atom stereocenters. The molecule has 0 saturated carbocycles. The van der Waals surface area contributed by atoms with Crippen LogP contribution in [0.2, 0.25) is 0 Å². The van der Waals surface area contributed by atoms with E-state index in [9.17, 15) is 28.5 Å². The highest BCUT2D eigenvalue weighted by molar-refractivity contribution is 7.75. The van der Waals surface area contributed by atoms with Crippen LogP contribution in [0.25, 0.3) is 0 Å². The Hall–Kier alpha value is -0.680. The largest absolute Gasteiger partial charge is 0.347 e. The first-order valence-electron chi connectivity index (χ1n) is 5.77. The zero-order valence-electron chi connectivity index (χ0n) is 11.0. The molecule has 19 heavy (non-hydrogen) atoms. The van der Waals surface area contributed by atoms with Gasteiger partial charge in [-0.1, -0.05) is 13.8 Å². The Morgan fingerprint density at radius 1 is 0.895 bits per heavy atom. The molecule has 2 atom stereocenters. The van der Waals surface area contributed by atoms with E-state index in [4.69, 9.17) is 0 Å². The van der Waals surface area contributed by atoms with E-state index in [1.165, 1.54) is 0 Å². The van der Waals surface area contributed by atoms with Gasteiger partial charge in [0.05, 0.1) is 12.6 Å². The van der Waals surface area contributed by atoms with E-state index in [1.54, 1.807) is 13.8 Å². The molecule has 10 heteroatoms. The molecule has 0 aromatic carbocycles. The summed E-state index contributed by atoms with van der Waals surface area (Å²) in [7, 11) is -7.89. The Morgan fingerprint density at radius 2 is 1.21 bits per heavy atom. The molecule has 4 N–H and O–H groups in total. The molecule has 0 aliphatic heterocycles. The molecule has 112 valence electrons. The van der Waals surface area contributed by atoms with Crippen LogP contribution >= 0.6 is 14.7 Å². The molecule has 0 bridgehead atoms. The summed E-state index contributed by atoms with van der Waals surface area (Å²) in [5, 5.41) is 4.40. The van der Waals surface area contributed by atoms with Crippen LogP contribution in [0.4, 0.5) is 0 Å². The lowest BCUT2D eigenvalue weighted by Gasteiger charge is -2.17. The van der Waals surface area contributed by atoms with Gasteiger partial charge in [-0.15, -0.1) is 0 Å². The van der Waals surface area contributed by atoms with E-state index >= 15 is 0 Å². The number of amides is 2. The molecule has 8 nitrogen and oxygen atoms in total. The molecule has 0 aliphatic rings. The predicted octanol–water partition coefficient (Wildman–Crippen LogP) is 0.452. The Bertz CT molecular complexity index is 387. The summed E-state index contributed by atoms with van der Waals surface area (Å²) in [4.78, 5) is 40.9. The van der Waals surface area contributed by atoms with Crippen molar-refractivity contribution in [2.45, 2.75) is 26.7 Å². The maximum atomic E-state index is 11.7. The molecule has 0 radical (unpaired) electrons. The highest BCUT2D eigenvalue weighted by Crippen LogP contribution is 2.55. The summed E-state index contributed by atoms with van der Waals surface area (Å²) < 4.78 is 23.3. The van der Waals surface area contributed by atoms with Crippen LogP contribution in [0.15, 0.2) is 0 Å². The lowest BCUT2D eigenvalue weighted by molar-refractivity contribution is -0.121. The first kappa shape index (κ1) is 18.3. The fourth-order valence-electron chi connectivity index (χ4n) is 1.12. The number of rotatable bonds is 8. The van der Waals surface area contributed by atoms with Gasteiger partial charge in [-0.05, 0) is 0 Å². The van der Waals surface area contributed by atoms with E-state index in [1.807, 2.05) is 0 Å². The Balaban J connectivity index is 4.38. The van der Waals surface area contributed by atoms with Crippen molar-refractivity contribution < 1.29 is 28.5 Å². The molecule has 0 aliphatic carbocycles. The highest BCUT2D eigenvalue weighted by atomic mass is 31.2. The molecular weight excluding hydrogens is 294 g/mol. The smallest absolute Gasteiger partial charge is 0.228 e. The first-order chi connectivity index (χ1) is 8.62. The third kappa shape index (κ3) is 8.94. The van der Waals surface area contributed by atoms with Crippen LogP contribution in [0, 0.1) is 0 Å². The number of carbonyl (C=O) groups is 2. The second-order valence-corrected chi connectivity index (χ2v) is 9.21. The Kier molecular flexibility index (Phi) is 7.52. The van der Waals surface area contributed by atoms with Crippen molar-refractivity contribution in [3.8, 4) is 0 Å². The van der Waals surface area contributed by atoms with Gasteiger partial charge >= 0.3 is 0 Å². The van der Waals surface area contributed by atoms with Gasteiger partial charge in [0.15, 0.2) is 0 Å². The molecule has 0 aromatic rings. The SMILES string of the molecule is CCC(=O)NCP(=O)(O)CP(=O)(O)CNC(=O)CC. The van der Waals surface area contributed by atoms with Crippen LogP contribution in [0.1, 0.15) is 26.7 Å². The second kappa shape index (κ2) is 7.80. The van der Waals surface area contributed by atoms with Crippen molar-refractivity contribution in [3.63, 3.8) is 0 Å². The lowest BCUT2D eigenvalue weighted by Crippen LogP contribution is -2.26. The maximum Gasteiger partial charge on any atom is 0.228 e. The molecule has 0 rings (SSSR count). The third-order valence-electron chi connectivity index (χ3n) is 2.13. The maximum absolute atomic E-state index is 11.7. The number of carbonyl (C=O) groups excluding carboxylic acids is 2. The zero-order valence-corrected chi connectivity index (χ0v) is 12.7. The minimum atomic E-state index is -3.95. The van der Waals surface area contributed by atoms with Crippen molar-refractivity contribution in [3.05, 3.63) is 0 Å². The number of nitrogens with one attached hydrogen (secondary N) is 2. The number of hydrogen-bond donors (Lipinski definition) is 4. The summed E-state index contributed by atoms with van der Waals surface area (Å²) in [6.45, 7) is 3.16. The van der Waals surface area contributed by atoms with Crippen LogP contribution in [0.3, 0.4) is 0 Å². The van der Waals surface area contributed by atoms with Crippen molar-refractivity contribution in [1.29, 1.82) is 0 Å². The van der Waals surface area contributed by atoms with Gasteiger partial charge in [0.1, 0.15) is 5.90 Å². The first-order valence-corrected chi connectivity index (χ1v) is 9.83. The monoisotopic (exact) mass is 314 g/mol. The lowest BCUT2D eigenvalue weighted by atomic mass is 10.5. The van der Waals surface area contributed by atoms with Gasteiger partial charge < -0.3 is 20.4 Å². The second-order valence-electron chi connectivity index (χ2n) is 4.06. The van der Waals surface area contributed by atoms with Gasteiger partial charge in [-0.3, -0.25) is 18.7 Å². The van der Waals surface area contributed by atoms with Crippen LogP contribution in [0.5, 0.6) is 0 Å². The van der Waals surface area contributed by atoms with Crippen molar-refractivity contribution in [1.82, 2.24) is 10.6 Å². The average molecular weight is 314 g/mol. The standard InChI is InChI=1S/C9H20N2O6P2/c1-3-8(12)10-5-18(14,15)7-19(16,17)6-11-9(13)4-2/h3-7H2,1-2H3,(H,10,12)(H,11,13)(H,14,15)(H,16,17). The quantitative estimate of drug-likeness (QED) is 0.481. The molecule has 0 heterocycles. The summed E-state index contributed by atoms with van der Waals surface area (Å²) in [5.74, 6) is -1.67. The molecular formula is C9H20N2O6P2. The van der Waals surface area contributed by atoms with Gasteiger partial charge in [-0.25, -0.2) is 0 Å². The minimum Gasteiger partial charge on any atom is -0.347 e. The topological polar surface area (TPSA) is 133 Å². The fourth-order valence-corrected chi connectivity index (χ4v) is 5.53.